The highest BCUT2D eigenvalue weighted by Gasteiger charge is 2.40. The summed E-state index contributed by atoms with van der Waals surface area (Å²) in [6.45, 7) is 3.72. The lowest BCUT2D eigenvalue weighted by Gasteiger charge is -2.38. The molecule has 5 N–H and O–H groups in total. The number of nitrogens with two attached hydrogens (primary N) is 1. The molecule has 5 unspecified atom stereocenters. The van der Waals surface area contributed by atoms with Crippen molar-refractivity contribution in [1.29, 1.82) is 0 Å². The molecular formula is C26H27NO7. The topological polar surface area (TPSA) is 139 Å². The molecule has 5 atom stereocenters. The van der Waals surface area contributed by atoms with E-state index in [-0.39, 0.29) is 40.2 Å². The van der Waals surface area contributed by atoms with Crippen LogP contribution >= 0.6 is 0 Å². The molecule has 0 aromatic heterocycles. The molecule has 5 rings (SSSR count). The predicted molar refractivity (Wildman–Crippen MR) is 123 cm³/mol. The monoisotopic (exact) mass is 465 g/mol. The number of carbonyl (C=O) groups is 2. The van der Waals surface area contributed by atoms with Crippen molar-refractivity contribution in [2.75, 3.05) is 0 Å². The Balaban J connectivity index is 1.60. The van der Waals surface area contributed by atoms with E-state index in [1.54, 1.807) is 13.0 Å². The number of hydrogen-bond acceptors (Lipinski definition) is 8. The Morgan fingerprint density at radius 3 is 2.62 bits per heavy atom. The fourth-order valence-electron chi connectivity index (χ4n) is 5.15. The molecule has 1 heterocycles. The van der Waals surface area contributed by atoms with Crippen LogP contribution in [0.15, 0.2) is 29.8 Å². The van der Waals surface area contributed by atoms with Gasteiger partial charge in [-0.3, -0.25) is 9.59 Å². The number of rotatable bonds is 3. The van der Waals surface area contributed by atoms with Crippen molar-refractivity contribution in [3.63, 3.8) is 0 Å². The zero-order valence-electron chi connectivity index (χ0n) is 18.9. The molecule has 0 amide bonds. The number of aromatic hydroxyl groups is 2. The van der Waals surface area contributed by atoms with Crippen LogP contribution in [-0.4, -0.2) is 51.4 Å². The summed E-state index contributed by atoms with van der Waals surface area (Å²) in [5, 5.41) is 31.7. The maximum Gasteiger partial charge on any atom is 0.201 e. The van der Waals surface area contributed by atoms with Crippen molar-refractivity contribution in [2.45, 2.75) is 63.8 Å². The van der Waals surface area contributed by atoms with Crippen LogP contribution in [0.1, 0.15) is 82.2 Å². The van der Waals surface area contributed by atoms with Gasteiger partial charge in [0.15, 0.2) is 12.1 Å². The van der Waals surface area contributed by atoms with Gasteiger partial charge in [-0.1, -0.05) is 30.7 Å². The van der Waals surface area contributed by atoms with E-state index in [9.17, 15) is 24.9 Å². The van der Waals surface area contributed by atoms with Crippen LogP contribution in [-0.2, 0) is 9.47 Å². The molecule has 2 aromatic rings. The van der Waals surface area contributed by atoms with Crippen molar-refractivity contribution in [3.8, 4) is 11.5 Å². The highest BCUT2D eigenvalue weighted by atomic mass is 16.7. The number of phenols is 2. The average molecular weight is 466 g/mol. The van der Waals surface area contributed by atoms with Crippen LogP contribution in [0, 0.1) is 0 Å². The summed E-state index contributed by atoms with van der Waals surface area (Å²) < 4.78 is 12.0. The predicted octanol–water partition coefficient (Wildman–Crippen LogP) is 2.95. The fourth-order valence-corrected chi connectivity index (χ4v) is 5.15. The van der Waals surface area contributed by atoms with Gasteiger partial charge in [-0.05, 0) is 37.5 Å². The Morgan fingerprint density at radius 2 is 1.91 bits per heavy atom. The molecule has 2 aromatic carbocycles. The second-order valence-corrected chi connectivity index (χ2v) is 9.15. The Morgan fingerprint density at radius 1 is 1.15 bits per heavy atom. The van der Waals surface area contributed by atoms with Gasteiger partial charge in [0.05, 0.1) is 29.4 Å². The number of aliphatic hydroxyl groups is 1. The van der Waals surface area contributed by atoms with Crippen LogP contribution in [0.3, 0.4) is 0 Å². The number of aliphatic hydroxyl groups excluding tert-OH is 1. The molecule has 2 aliphatic carbocycles. The summed E-state index contributed by atoms with van der Waals surface area (Å²) >= 11 is 0. The molecule has 34 heavy (non-hydrogen) atoms. The van der Waals surface area contributed by atoms with Gasteiger partial charge in [-0.25, -0.2) is 0 Å². The van der Waals surface area contributed by atoms with E-state index < -0.39 is 42.2 Å². The Labute approximate surface area is 196 Å². The van der Waals surface area contributed by atoms with E-state index in [1.165, 1.54) is 18.2 Å². The summed E-state index contributed by atoms with van der Waals surface area (Å²) in [5.41, 5.74) is 8.06. The van der Waals surface area contributed by atoms with Crippen LogP contribution < -0.4 is 5.73 Å². The molecule has 0 bridgehead atoms. The van der Waals surface area contributed by atoms with Gasteiger partial charge < -0.3 is 30.5 Å². The van der Waals surface area contributed by atoms with Gasteiger partial charge in [0.25, 0.3) is 0 Å². The van der Waals surface area contributed by atoms with Gasteiger partial charge in [0.1, 0.15) is 11.5 Å². The molecule has 0 saturated carbocycles. The lowest BCUT2D eigenvalue weighted by molar-refractivity contribution is -0.240. The van der Waals surface area contributed by atoms with Gasteiger partial charge >= 0.3 is 0 Å². The van der Waals surface area contributed by atoms with Crippen LogP contribution in [0.4, 0.5) is 0 Å². The Hall–Kier alpha value is -3.04. The SMILES string of the molecule is CCC1=Cc2cc3c(c(O)c2C(OC2CC(N)C(O)C(C)O2)C1)C(=O)c1c(O)cccc1C3=O. The first-order valence-electron chi connectivity index (χ1n) is 11.5. The summed E-state index contributed by atoms with van der Waals surface area (Å²) in [6.07, 6.45) is 0.702. The smallest absolute Gasteiger partial charge is 0.201 e. The van der Waals surface area contributed by atoms with Gasteiger partial charge in [0, 0.05) is 29.2 Å². The number of benzene rings is 2. The lowest BCUT2D eigenvalue weighted by atomic mass is 9.78. The fraction of sp³-hybridized carbons (Fsp3) is 0.385. The van der Waals surface area contributed by atoms with Crippen molar-refractivity contribution < 1.29 is 34.4 Å². The van der Waals surface area contributed by atoms with Crippen molar-refractivity contribution in [3.05, 3.63) is 63.2 Å². The number of carbonyl (C=O) groups excluding carboxylic acids is 2. The first-order chi connectivity index (χ1) is 16.2. The van der Waals surface area contributed by atoms with E-state index in [0.29, 0.717) is 17.5 Å². The number of phenolic OH excluding ortho intramolecular Hbond substituents is 2. The second-order valence-electron chi connectivity index (χ2n) is 9.15. The first-order valence-corrected chi connectivity index (χ1v) is 11.5. The minimum Gasteiger partial charge on any atom is -0.507 e. The van der Waals surface area contributed by atoms with E-state index >= 15 is 0 Å². The zero-order chi connectivity index (χ0) is 24.3. The number of fused-ring (bicyclic) bond motifs is 3. The minimum atomic E-state index is -0.804. The molecule has 1 fully saturated rings. The highest BCUT2D eigenvalue weighted by Crippen LogP contribution is 2.47. The third kappa shape index (κ3) is 3.45. The molecule has 1 saturated heterocycles. The average Bonchev–Trinajstić information content (AvgIpc) is 2.80. The van der Waals surface area contributed by atoms with Crippen LogP contribution in [0.2, 0.25) is 0 Å². The molecule has 1 aliphatic heterocycles. The summed E-state index contributed by atoms with van der Waals surface area (Å²) in [5.74, 6) is -1.68. The molecule has 3 aliphatic rings. The molecular weight excluding hydrogens is 438 g/mol. The molecule has 8 heteroatoms. The van der Waals surface area contributed by atoms with Crippen LogP contribution in [0.5, 0.6) is 11.5 Å². The second kappa shape index (κ2) is 8.32. The molecule has 8 nitrogen and oxygen atoms in total. The first kappa shape index (κ1) is 22.7. The zero-order valence-corrected chi connectivity index (χ0v) is 18.9. The van der Waals surface area contributed by atoms with E-state index in [0.717, 1.165) is 12.0 Å². The lowest BCUT2D eigenvalue weighted by Crippen LogP contribution is -2.51. The van der Waals surface area contributed by atoms with Crippen LogP contribution in [0.25, 0.3) is 6.08 Å². The van der Waals surface area contributed by atoms with Crippen molar-refractivity contribution in [1.82, 2.24) is 0 Å². The largest absolute Gasteiger partial charge is 0.507 e. The van der Waals surface area contributed by atoms with Gasteiger partial charge in [0.2, 0.25) is 5.78 Å². The van der Waals surface area contributed by atoms with Crippen molar-refractivity contribution >= 4 is 17.6 Å². The molecule has 0 radical (unpaired) electrons. The van der Waals surface area contributed by atoms with E-state index in [4.69, 9.17) is 15.2 Å². The van der Waals surface area contributed by atoms with Crippen molar-refractivity contribution in [2.24, 2.45) is 5.73 Å². The third-order valence-corrected chi connectivity index (χ3v) is 7.01. The van der Waals surface area contributed by atoms with E-state index in [1.807, 2.05) is 13.0 Å². The van der Waals surface area contributed by atoms with E-state index in [2.05, 4.69) is 0 Å². The normalized spacial score (nSPS) is 28.1. The Bertz CT molecular complexity index is 1220. The summed E-state index contributed by atoms with van der Waals surface area (Å²) in [4.78, 5) is 26.5. The number of hydrogen-bond donors (Lipinski definition) is 4. The quantitative estimate of drug-likeness (QED) is 0.463. The van der Waals surface area contributed by atoms with Gasteiger partial charge in [-0.2, -0.15) is 0 Å². The standard InChI is InChI=1S/C26H27NO7/c1-3-12-7-13-9-15-22(26(32)21-14(24(15)30)5-4-6-17(21)28)25(31)20(13)18(8-12)34-19-10-16(27)23(29)11(2)33-19/h4-7,9,11,16,18-19,23,28-29,31H,3,8,10,27H2,1-2H3. The minimum absolute atomic E-state index is 0.0967. The summed E-state index contributed by atoms with van der Waals surface area (Å²) in [7, 11) is 0. The molecule has 0 spiro atoms. The van der Waals surface area contributed by atoms with Gasteiger partial charge in [-0.15, -0.1) is 0 Å². The maximum atomic E-state index is 13.3. The number of ether oxygens (including phenoxy) is 2. The highest BCUT2D eigenvalue weighted by molar-refractivity contribution is 6.30. The summed E-state index contributed by atoms with van der Waals surface area (Å²) in [6, 6.07) is 5.43. The third-order valence-electron chi connectivity index (χ3n) is 7.01. The molecule has 178 valence electrons. The number of ketones is 2. The maximum absolute atomic E-state index is 13.3. The Kier molecular flexibility index (Phi) is 5.56.